The van der Waals surface area contributed by atoms with Gasteiger partial charge in [0.1, 0.15) is 11.6 Å². The number of imide groups is 1. The van der Waals surface area contributed by atoms with Crippen LogP contribution in [0.15, 0.2) is 29.1 Å². The molecule has 0 spiro atoms. The molecule has 3 amide bonds. The number of hydrogen-bond donors (Lipinski definition) is 3. The van der Waals surface area contributed by atoms with Gasteiger partial charge in [0.25, 0.3) is 17.4 Å². The van der Waals surface area contributed by atoms with Gasteiger partial charge in [-0.2, -0.15) is 0 Å². The van der Waals surface area contributed by atoms with Crippen LogP contribution in [0.5, 0.6) is 0 Å². The van der Waals surface area contributed by atoms with Crippen LogP contribution in [0.1, 0.15) is 34.1 Å². The van der Waals surface area contributed by atoms with Crippen LogP contribution >= 0.6 is 0 Å². The molecule has 1 aliphatic rings. The maximum atomic E-state index is 14.3. The van der Waals surface area contributed by atoms with E-state index in [0.717, 1.165) is 16.7 Å². The van der Waals surface area contributed by atoms with E-state index >= 15 is 0 Å². The minimum Gasteiger partial charge on any atom is -0.384 e. The number of nitrogens with two attached hydrogens (primary N) is 1. The van der Waals surface area contributed by atoms with Crippen molar-refractivity contribution in [2.75, 3.05) is 11.1 Å². The summed E-state index contributed by atoms with van der Waals surface area (Å²) in [6.07, 6.45) is 0.218. The fourth-order valence-corrected chi connectivity index (χ4v) is 2.54. The van der Waals surface area contributed by atoms with Crippen molar-refractivity contribution in [3.05, 3.63) is 51.6 Å². The van der Waals surface area contributed by atoms with E-state index in [2.05, 4.69) is 5.32 Å². The van der Waals surface area contributed by atoms with Crippen LogP contribution in [0.25, 0.3) is 5.69 Å². The molecule has 0 saturated carbocycles. The number of carbonyl (C=O) groups excluding carboxylic acids is 3. The van der Waals surface area contributed by atoms with Crippen molar-refractivity contribution in [1.29, 1.82) is 0 Å². The number of fused-ring (bicyclic) bond motifs is 1. The molecule has 0 radical (unpaired) electrons. The van der Waals surface area contributed by atoms with Crippen molar-refractivity contribution in [1.82, 2.24) is 9.88 Å². The molecule has 9 heteroatoms. The highest BCUT2D eigenvalue weighted by Crippen LogP contribution is 2.25. The number of carbonyl (C=O) groups is 3. The van der Waals surface area contributed by atoms with E-state index in [4.69, 9.17) is 5.73 Å². The van der Waals surface area contributed by atoms with Gasteiger partial charge in [0.05, 0.1) is 16.8 Å². The fraction of sp³-hybridized carbons (Fsp3) is 0.125. The van der Waals surface area contributed by atoms with E-state index < -0.39 is 23.2 Å². The maximum Gasteiger partial charge on any atom is 0.262 e. The molecule has 3 rings (SSSR count). The Hall–Kier alpha value is -3.49. The Labute approximate surface area is 140 Å². The molecule has 0 unspecified atom stereocenters. The molecule has 0 bridgehead atoms. The Kier molecular flexibility index (Phi) is 3.84. The number of anilines is 2. The van der Waals surface area contributed by atoms with Gasteiger partial charge in [-0.3, -0.25) is 29.1 Å². The van der Waals surface area contributed by atoms with Gasteiger partial charge < -0.3 is 11.1 Å². The van der Waals surface area contributed by atoms with E-state index in [1.54, 1.807) is 6.92 Å². The molecule has 1 aromatic heterocycles. The minimum absolute atomic E-state index is 0.153. The Morgan fingerprint density at radius 2 is 1.96 bits per heavy atom. The Morgan fingerprint density at radius 3 is 2.64 bits per heavy atom. The smallest absolute Gasteiger partial charge is 0.262 e. The maximum absolute atomic E-state index is 14.3. The molecule has 0 fully saturated rings. The van der Waals surface area contributed by atoms with Crippen LogP contribution < -0.4 is 21.9 Å². The number of rotatable bonds is 3. The van der Waals surface area contributed by atoms with Gasteiger partial charge in [-0.05, 0) is 18.2 Å². The normalized spacial score (nSPS) is 12.7. The molecule has 0 aliphatic carbocycles. The molecule has 4 N–H and O–H groups in total. The molecule has 2 heterocycles. The SMILES string of the molecule is CCC(=O)Nc1ccc(F)c(-n2c(N)c3c(cc2=O)C(=O)NC3=O)c1. The van der Waals surface area contributed by atoms with Crippen LogP contribution in [0.4, 0.5) is 15.9 Å². The molecular formula is C16H13FN4O4. The third kappa shape index (κ3) is 2.65. The summed E-state index contributed by atoms with van der Waals surface area (Å²) in [6, 6.07) is 4.53. The van der Waals surface area contributed by atoms with Gasteiger partial charge in [-0.25, -0.2) is 4.39 Å². The summed E-state index contributed by atoms with van der Waals surface area (Å²) >= 11 is 0. The number of halogens is 1. The van der Waals surface area contributed by atoms with Crippen molar-refractivity contribution < 1.29 is 18.8 Å². The molecule has 1 aliphatic heterocycles. The molecule has 1 aromatic carbocycles. The second-order valence-corrected chi connectivity index (χ2v) is 5.34. The molecule has 128 valence electrons. The number of nitrogens with one attached hydrogen (secondary N) is 2. The predicted molar refractivity (Wildman–Crippen MR) is 87.1 cm³/mol. The van der Waals surface area contributed by atoms with Crippen LogP contribution in [-0.4, -0.2) is 22.3 Å². The van der Waals surface area contributed by atoms with Gasteiger partial charge in [0.2, 0.25) is 5.91 Å². The lowest BCUT2D eigenvalue weighted by Crippen LogP contribution is -2.25. The Bertz CT molecular complexity index is 996. The number of aromatic nitrogens is 1. The highest BCUT2D eigenvalue weighted by atomic mass is 19.1. The van der Waals surface area contributed by atoms with E-state index in [0.29, 0.717) is 0 Å². The zero-order valence-corrected chi connectivity index (χ0v) is 13.1. The standard InChI is InChI=1S/C16H13FN4O4/c1-2-11(22)19-7-3-4-9(17)10(5-7)21-12(23)6-8-13(14(21)18)16(25)20-15(8)24/h3-6H,2,18H2,1H3,(H,19,22)(H,20,24,25). The second kappa shape index (κ2) is 5.86. The zero-order valence-electron chi connectivity index (χ0n) is 13.1. The van der Waals surface area contributed by atoms with E-state index in [9.17, 15) is 23.6 Å². The summed E-state index contributed by atoms with van der Waals surface area (Å²) < 4.78 is 15.1. The van der Waals surface area contributed by atoms with Gasteiger partial charge in [0.15, 0.2) is 0 Å². The van der Waals surface area contributed by atoms with E-state index in [-0.39, 0.29) is 40.6 Å². The first-order valence-corrected chi connectivity index (χ1v) is 7.34. The summed E-state index contributed by atoms with van der Waals surface area (Å²) in [5.74, 6) is -2.93. The molecule has 25 heavy (non-hydrogen) atoms. The second-order valence-electron chi connectivity index (χ2n) is 5.34. The topological polar surface area (TPSA) is 123 Å². The highest BCUT2D eigenvalue weighted by molar-refractivity contribution is 6.23. The van der Waals surface area contributed by atoms with Crippen molar-refractivity contribution in [3.8, 4) is 5.69 Å². The summed E-state index contributed by atoms with van der Waals surface area (Å²) in [4.78, 5) is 47.3. The first kappa shape index (κ1) is 16.4. The van der Waals surface area contributed by atoms with Crippen molar-refractivity contribution in [2.24, 2.45) is 0 Å². The summed E-state index contributed by atoms with van der Waals surface area (Å²) in [6.45, 7) is 1.65. The van der Waals surface area contributed by atoms with Gasteiger partial charge >= 0.3 is 0 Å². The summed E-state index contributed by atoms with van der Waals surface area (Å²) in [5, 5.41) is 4.57. The van der Waals surface area contributed by atoms with Gasteiger partial charge in [-0.1, -0.05) is 6.92 Å². The van der Waals surface area contributed by atoms with Crippen LogP contribution in [0.2, 0.25) is 0 Å². The molecule has 2 aromatic rings. The lowest BCUT2D eigenvalue weighted by atomic mass is 10.1. The van der Waals surface area contributed by atoms with E-state index in [1.807, 2.05) is 5.32 Å². The number of nitrogens with zero attached hydrogens (tertiary/aromatic N) is 1. The quantitative estimate of drug-likeness (QED) is 0.710. The number of nitrogen functional groups attached to an aromatic ring is 1. The first-order chi connectivity index (χ1) is 11.8. The van der Waals surface area contributed by atoms with Crippen LogP contribution in [-0.2, 0) is 4.79 Å². The van der Waals surface area contributed by atoms with Crippen molar-refractivity contribution >= 4 is 29.2 Å². The largest absolute Gasteiger partial charge is 0.384 e. The van der Waals surface area contributed by atoms with Gasteiger partial charge in [-0.15, -0.1) is 0 Å². The van der Waals surface area contributed by atoms with Crippen molar-refractivity contribution in [3.63, 3.8) is 0 Å². The third-order valence-electron chi connectivity index (χ3n) is 3.75. The van der Waals surface area contributed by atoms with Crippen LogP contribution in [0, 0.1) is 5.82 Å². The lowest BCUT2D eigenvalue weighted by Gasteiger charge is -2.14. The Morgan fingerprint density at radius 1 is 1.24 bits per heavy atom. The zero-order chi connectivity index (χ0) is 18.3. The average Bonchev–Trinajstić information content (AvgIpc) is 2.84. The lowest BCUT2D eigenvalue weighted by molar-refractivity contribution is -0.115. The number of hydrogen-bond acceptors (Lipinski definition) is 5. The summed E-state index contributed by atoms with van der Waals surface area (Å²) in [5.41, 5.74) is 4.76. The highest BCUT2D eigenvalue weighted by Gasteiger charge is 2.32. The van der Waals surface area contributed by atoms with Crippen molar-refractivity contribution in [2.45, 2.75) is 13.3 Å². The number of benzene rings is 1. The average molecular weight is 344 g/mol. The monoisotopic (exact) mass is 344 g/mol. The minimum atomic E-state index is -0.784. The summed E-state index contributed by atoms with van der Waals surface area (Å²) in [7, 11) is 0. The van der Waals surface area contributed by atoms with E-state index in [1.165, 1.54) is 12.1 Å². The van der Waals surface area contributed by atoms with Crippen LogP contribution in [0.3, 0.4) is 0 Å². The van der Waals surface area contributed by atoms with Gasteiger partial charge in [0, 0.05) is 18.2 Å². The number of pyridine rings is 1. The molecule has 8 nitrogen and oxygen atoms in total. The Balaban J connectivity index is 2.21. The molecular weight excluding hydrogens is 331 g/mol. The molecule has 0 atom stereocenters. The fourth-order valence-electron chi connectivity index (χ4n) is 2.54. The molecule has 0 saturated heterocycles. The number of amides is 3. The third-order valence-corrected chi connectivity index (χ3v) is 3.75. The first-order valence-electron chi connectivity index (χ1n) is 7.34. The predicted octanol–water partition coefficient (Wildman–Crippen LogP) is 0.791.